The predicted molar refractivity (Wildman–Crippen MR) is 91.0 cm³/mol. The van der Waals surface area contributed by atoms with Crippen LogP contribution in [-0.2, 0) is 4.74 Å². The average Bonchev–Trinajstić information content (AvgIpc) is 2.52. The fourth-order valence-electron chi connectivity index (χ4n) is 2.43. The summed E-state index contributed by atoms with van der Waals surface area (Å²) in [5.74, 6) is 0.924. The molecule has 0 bridgehead atoms. The minimum atomic E-state index is -0.460. The van der Waals surface area contributed by atoms with Gasteiger partial charge in [-0.05, 0) is 27.7 Å². The second-order valence-corrected chi connectivity index (χ2v) is 6.70. The van der Waals surface area contributed by atoms with E-state index in [0.29, 0.717) is 13.1 Å². The number of hydrogen-bond donors (Lipinski definition) is 0. The van der Waals surface area contributed by atoms with Gasteiger partial charge in [0.25, 0.3) is 0 Å². The maximum absolute atomic E-state index is 12.1. The first-order chi connectivity index (χ1) is 10.8. The summed E-state index contributed by atoms with van der Waals surface area (Å²) in [6, 6.07) is 0. The van der Waals surface area contributed by atoms with Crippen LogP contribution in [0.1, 0.15) is 27.7 Å². The lowest BCUT2D eigenvalue weighted by Crippen LogP contribution is -2.50. The smallest absolute Gasteiger partial charge is 0.410 e. The number of ether oxygens (including phenoxy) is 1. The summed E-state index contributed by atoms with van der Waals surface area (Å²) in [4.78, 5) is 26.8. The molecule has 1 aliphatic rings. The van der Waals surface area contributed by atoms with Crippen LogP contribution >= 0.6 is 0 Å². The number of amides is 1. The van der Waals surface area contributed by atoms with Crippen LogP contribution in [-0.4, -0.2) is 66.3 Å². The Morgan fingerprint density at radius 1 is 1.30 bits per heavy atom. The van der Waals surface area contributed by atoms with Gasteiger partial charge >= 0.3 is 6.09 Å². The minimum absolute atomic E-state index is 0.245. The van der Waals surface area contributed by atoms with Crippen molar-refractivity contribution in [2.75, 3.05) is 49.6 Å². The number of aromatic nitrogens is 2. The number of piperazine rings is 1. The highest BCUT2D eigenvalue weighted by Crippen LogP contribution is 2.26. The fraction of sp³-hybridized carbons (Fsp3) is 0.688. The molecule has 2 rings (SSSR count). The average molecular weight is 321 g/mol. The van der Waals surface area contributed by atoms with E-state index in [1.54, 1.807) is 11.2 Å². The Morgan fingerprint density at radius 3 is 2.52 bits per heavy atom. The highest BCUT2D eigenvalue weighted by Gasteiger charge is 2.27. The second-order valence-electron chi connectivity index (χ2n) is 6.70. The van der Waals surface area contributed by atoms with E-state index in [1.807, 2.05) is 34.0 Å². The lowest BCUT2D eigenvalue weighted by molar-refractivity contribution is 0.0240. The van der Waals surface area contributed by atoms with Gasteiger partial charge in [-0.25, -0.2) is 14.8 Å². The third-order valence-corrected chi connectivity index (χ3v) is 3.79. The Hall–Kier alpha value is -2.05. The van der Waals surface area contributed by atoms with Crippen molar-refractivity contribution in [1.29, 1.82) is 0 Å². The van der Waals surface area contributed by atoms with Gasteiger partial charge in [0.2, 0.25) is 0 Å². The van der Waals surface area contributed by atoms with Gasteiger partial charge in [0.1, 0.15) is 11.9 Å². The van der Waals surface area contributed by atoms with Crippen LogP contribution in [0.4, 0.5) is 16.3 Å². The molecule has 0 aromatic carbocycles. The van der Waals surface area contributed by atoms with Gasteiger partial charge in [-0.1, -0.05) is 0 Å². The van der Waals surface area contributed by atoms with Crippen molar-refractivity contribution in [2.24, 2.45) is 0 Å². The van der Waals surface area contributed by atoms with Gasteiger partial charge < -0.3 is 19.4 Å². The van der Waals surface area contributed by atoms with Crippen LogP contribution in [0.3, 0.4) is 0 Å². The SMILES string of the molecule is CCN(C)c1cncnc1N1CCN(C(=O)OC(C)(C)C)CC1. The lowest BCUT2D eigenvalue weighted by atomic mass is 10.2. The standard InChI is InChI=1S/C16H27N5O2/c1-6-19(5)13-11-17-12-18-14(13)20-7-9-21(10-8-20)15(22)23-16(2,3)4/h11-12H,6-10H2,1-5H3. The molecule has 1 saturated heterocycles. The zero-order chi connectivity index (χ0) is 17.0. The molecular formula is C16H27N5O2. The van der Waals surface area contributed by atoms with Gasteiger partial charge in [-0.15, -0.1) is 0 Å². The van der Waals surface area contributed by atoms with Gasteiger partial charge in [0.15, 0.2) is 5.82 Å². The molecule has 0 radical (unpaired) electrons. The van der Waals surface area contributed by atoms with Crippen molar-refractivity contribution in [1.82, 2.24) is 14.9 Å². The molecule has 1 fully saturated rings. The number of rotatable bonds is 3. The third-order valence-electron chi connectivity index (χ3n) is 3.79. The highest BCUT2D eigenvalue weighted by molar-refractivity contribution is 5.69. The maximum Gasteiger partial charge on any atom is 0.410 e. The number of anilines is 2. The predicted octanol–water partition coefficient (Wildman–Crippen LogP) is 1.99. The van der Waals surface area contributed by atoms with E-state index in [2.05, 4.69) is 26.7 Å². The Kier molecular flexibility index (Phi) is 5.28. The van der Waals surface area contributed by atoms with Crippen molar-refractivity contribution >= 4 is 17.6 Å². The molecule has 0 aliphatic carbocycles. The third kappa shape index (κ3) is 4.46. The number of carbonyl (C=O) groups excluding carboxylic acids is 1. The van der Waals surface area contributed by atoms with E-state index >= 15 is 0 Å². The molecule has 7 heteroatoms. The Morgan fingerprint density at radius 2 is 1.96 bits per heavy atom. The maximum atomic E-state index is 12.1. The quantitative estimate of drug-likeness (QED) is 0.848. The van der Waals surface area contributed by atoms with Crippen LogP contribution in [0.15, 0.2) is 12.5 Å². The summed E-state index contributed by atoms with van der Waals surface area (Å²) in [7, 11) is 2.03. The number of nitrogens with zero attached hydrogens (tertiary/aromatic N) is 5. The van der Waals surface area contributed by atoms with Crippen LogP contribution in [0.5, 0.6) is 0 Å². The minimum Gasteiger partial charge on any atom is -0.444 e. The van der Waals surface area contributed by atoms with Crippen molar-refractivity contribution in [3.05, 3.63) is 12.5 Å². The highest BCUT2D eigenvalue weighted by atomic mass is 16.6. The number of hydrogen-bond acceptors (Lipinski definition) is 6. The summed E-state index contributed by atoms with van der Waals surface area (Å²) in [6.07, 6.45) is 3.17. The van der Waals surface area contributed by atoms with E-state index in [1.165, 1.54) is 0 Å². The molecule has 0 N–H and O–H groups in total. The Balaban J connectivity index is 2.01. The second kappa shape index (κ2) is 7.02. The first-order valence-electron chi connectivity index (χ1n) is 8.06. The molecular weight excluding hydrogens is 294 g/mol. The molecule has 1 aromatic rings. The monoisotopic (exact) mass is 321 g/mol. The Bertz CT molecular complexity index is 536. The summed E-state index contributed by atoms with van der Waals surface area (Å²) < 4.78 is 5.43. The Labute approximate surface area is 138 Å². The fourth-order valence-corrected chi connectivity index (χ4v) is 2.43. The first-order valence-corrected chi connectivity index (χ1v) is 8.06. The zero-order valence-electron chi connectivity index (χ0n) is 14.7. The molecule has 1 aliphatic heterocycles. The summed E-state index contributed by atoms with van der Waals surface area (Å²) >= 11 is 0. The molecule has 23 heavy (non-hydrogen) atoms. The number of carbonyl (C=O) groups is 1. The first kappa shape index (κ1) is 17.3. The van der Waals surface area contributed by atoms with Gasteiger partial charge in [0, 0.05) is 39.8 Å². The van der Waals surface area contributed by atoms with Crippen LogP contribution < -0.4 is 9.80 Å². The zero-order valence-corrected chi connectivity index (χ0v) is 14.7. The van der Waals surface area contributed by atoms with Crippen LogP contribution in [0.2, 0.25) is 0 Å². The van der Waals surface area contributed by atoms with Crippen molar-refractivity contribution < 1.29 is 9.53 Å². The van der Waals surface area contributed by atoms with Gasteiger partial charge in [-0.2, -0.15) is 0 Å². The molecule has 7 nitrogen and oxygen atoms in total. The molecule has 1 aromatic heterocycles. The van der Waals surface area contributed by atoms with E-state index in [9.17, 15) is 4.79 Å². The van der Waals surface area contributed by atoms with Gasteiger partial charge in [-0.3, -0.25) is 0 Å². The molecule has 1 amide bonds. The van der Waals surface area contributed by atoms with Gasteiger partial charge in [0.05, 0.1) is 11.9 Å². The van der Waals surface area contributed by atoms with Crippen LogP contribution in [0.25, 0.3) is 0 Å². The normalized spacial score (nSPS) is 15.5. The van der Waals surface area contributed by atoms with Crippen molar-refractivity contribution in [2.45, 2.75) is 33.3 Å². The van der Waals surface area contributed by atoms with E-state index in [0.717, 1.165) is 31.1 Å². The van der Waals surface area contributed by atoms with E-state index in [4.69, 9.17) is 4.74 Å². The summed E-state index contributed by atoms with van der Waals surface area (Å²) in [5.41, 5.74) is 0.554. The molecule has 0 atom stereocenters. The summed E-state index contributed by atoms with van der Waals surface area (Å²) in [5, 5.41) is 0. The topological polar surface area (TPSA) is 61.8 Å². The molecule has 2 heterocycles. The molecule has 0 saturated carbocycles. The molecule has 128 valence electrons. The van der Waals surface area contributed by atoms with E-state index < -0.39 is 5.60 Å². The lowest BCUT2D eigenvalue weighted by Gasteiger charge is -2.37. The molecule has 0 spiro atoms. The van der Waals surface area contributed by atoms with Crippen molar-refractivity contribution in [3.63, 3.8) is 0 Å². The van der Waals surface area contributed by atoms with Crippen LogP contribution in [0, 0.1) is 0 Å². The van der Waals surface area contributed by atoms with Crippen molar-refractivity contribution in [3.8, 4) is 0 Å². The molecule has 0 unspecified atom stereocenters. The largest absolute Gasteiger partial charge is 0.444 e. The summed E-state index contributed by atoms with van der Waals surface area (Å²) in [6.45, 7) is 11.4. The van der Waals surface area contributed by atoms with E-state index in [-0.39, 0.29) is 6.09 Å².